The molecular weight excluding hydrogens is 158 g/mol. The van der Waals surface area contributed by atoms with Crippen molar-refractivity contribution in [1.29, 1.82) is 0 Å². The Morgan fingerprint density at radius 3 is 2.92 bits per heavy atom. The van der Waals surface area contributed by atoms with Gasteiger partial charge in [0.25, 0.3) is 0 Å². The number of nitrogens with two attached hydrogens (primary N) is 1. The summed E-state index contributed by atoms with van der Waals surface area (Å²) in [5.74, 6) is 1.58. The number of hydrogen-bond acceptors (Lipinski definition) is 1. The summed E-state index contributed by atoms with van der Waals surface area (Å²) in [5, 5.41) is 0. The average Bonchev–Trinajstić information content (AvgIpc) is 2.16. The Labute approximate surface area is 78.9 Å². The van der Waals surface area contributed by atoms with E-state index in [1.807, 2.05) is 0 Å². The van der Waals surface area contributed by atoms with Gasteiger partial charge in [-0.15, -0.1) is 0 Å². The van der Waals surface area contributed by atoms with Gasteiger partial charge >= 0.3 is 0 Å². The van der Waals surface area contributed by atoms with Crippen molar-refractivity contribution in [3.05, 3.63) is 35.4 Å². The molecule has 1 heteroatoms. The molecule has 0 heterocycles. The second kappa shape index (κ2) is 2.58. The summed E-state index contributed by atoms with van der Waals surface area (Å²) in [6.45, 7) is 0. The largest absolute Gasteiger partial charge is 0.327 e. The third-order valence-corrected chi connectivity index (χ3v) is 3.79. The monoisotopic (exact) mass is 173 g/mol. The fourth-order valence-corrected chi connectivity index (χ4v) is 2.96. The highest BCUT2D eigenvalue weighted by atomic mass is 14.7. The summed E-state index contributed by atoms with van der Waals surface area (Å²) >= 11 is 0. The maximum absolute atomic E-state index is 5.99. The van der Waals surface area contributed by atoms with Crippen molar-refractivity contribution in [3.63, 3.8) is 0 Å². The Morgan fingerprint density at radius 1 is 1.23 bits per heavy atom. The third kappa shape index (κ3) is 0.969. The summed E-state index contributed by atoms with van der Waals surface area (Å²) in [6, 6.07) is 9.36. The van der Waals surface area contributed by atoms with E-state index in [9.17, 15) is 0 Å². The van der Waals surface area contributed by atoms with Crippen LogP contribution in [0.25, 0.3) is 0 Å². The van der Waals surface area contributed by atoms with Gasteiger partial charge in [0.05, 0.1) is 0 Å². The van der Waals surface area contributed by atoms with Crippen molar-refractivity contribution >= 4 is 0 Å². The molecule has 2 aliphatic rings. The lowest BCUT2D eigenvalue weighted by atomic mass is 9.60. The Kier molecular flexibility index (Phi) is 1.50. The van der Waals surface area contributed by atoms with E-state index in [4.69, 9.17) is 5.73 Å². The molecule has 68 valence electrons. The average molecular weight is 173 g/mol. The molecule has 1 aromatic rings. The van der Waals surface area contributed by atoms with Gasteiger partial charge < -0.3 is 5.73 Å². The van der Waals surface area contributed by atoms with E-state index < -0.39 is 0 Å². The SMILES string of the molecule is N[C@@H]1C[C@@H]2c3ccccc3CC[C@@H]12. The number of aryl methyl sites for hydroxylation is 1. The molecular formula is C12H15N. The van der Waals surface area contributed by atoms with E-state index in [-0.39, 0.29) is 0 Å². The second-order valence-electron chi connectivity index (χ2n) is 4.41. The zero-order valence-corrected chi connectivity index (χ0v) is 7.74. The minimum absolute atomic E-state index is 0.485. The molecule has 1 aromatic carbocycles. The molecule has 13 heavy (non-hydrogen) atoms. The summed E-state index contributed by atoms with van der Waals surface area (Å²) in [6.07, 6.45) is 3.76. The van der Waals surface area contributed by atoms with E-state index >= 15 is 0 Å². The van der Waals surface area contributed by atoms with E-state index in [2.05, 4.69) is 24.3 Å². The molecule has 2 aliphatic carbocycles. The molecule has 3 atom stereocenters. The first-order valence-electron chi connectivity index (χ1n) is 5.19. The summed E-state index contributed by atoms with van der Waals surface area (Å²) in [4.78, 5) is 0. The van der Waals surface area contributed by atoms with Gasteiger partial charge in [0, 0.05) is 6.04 Å². The van der Waals surface area contributed by atoms with Gasteiger partial charge in [0.2, 0.25) is 0 Å². The van der Waals surface area contributed by atoms with Gasteiger partial charge in [-0.05, 0) is 42.2 Å². The number of hydrogen-bond donors (Lipinski definition) is 1. The Hall–Kier alpha value is -0.820. The predicted octanol–water partition coefficient (Wildman–Crippen LogP) is 2.06. The molecule has 0 radical (unpaired) electrons. The molecule has 0 bridgehead atoms. The highest BCUT2D eigenvalue weighted by Crippen LogP contribution is 2.48. The third-order valence-electron chi connectivity index (χ3n) is 3.79. The zero-order chi connectivity index (χ0) is 8.84. The van der Waals surface area contributed by atoms with E-state index in [1.54, 1.807) is 11.1 Å². The number of rotatable bonds is 0. The normalized spacial score (nSPS) is 35.9. The van der Waals surface area contributed by atoms with Gasteiger partial charge in [-0.2, -0.15) is 0 Å². The fourth-order valence-electron chi connectivity index (χ4n) is 2.96. The molecule has 3 rings (SSSR count). The maximum Gasteiger partial charge on any atom is 0.00790 e. The maximum atomic E-state index is 5.99. The van der Waals surface area contributed by atoms with Crippen molar-refractivity contribution in [2.24, 2.45) is 11.7 Å². The van der Waals surface area contributed by atoms with Crippen LogP contribution in [-0.2, 0) is 6.42 Å². The smallest absolute Gasteiger partial charge is 0.00790 e. The predicted molar refractivity (Wildman–Crippen MR) is 53.6 cm³/mol. The Bertz CT molecular complexity index is 332. The highest BCUT2D eigenvalue weighted by molar-refractivity contribution is 5.36. The van der Waals surface area contributed by atoms with Gasteiger partial charge in [-0.1, -0.05) is 24.3 Å². The number of fused-ring (bicyclic) bond motifs is 3. The van der Waals surface area contributed by atoms with Crippen LogP contribution in [0, 0.1) is 5.92 Å². The number of benzene rings is 1. The molecule has 0 aromatic heterocycles. The van der Waals surface area contributed by atoms with Crippen LogP contribution in [0.5, 0.6) is 0 Å². The molecule has 1 saturated carbocycles. The molecule has 0 unspecified atom stereocenters. The molecule has 0 spiro atoms. The lowest BCUT2D eigenvalue weighted by Crippen LogP contribution is -2.47. The van der Waals surface area contributed by atoms with E-state index in [0.29, 0.717) is 6.04 Å². The van der Waals surface area contributed by atoms with Crippen LogP contribution in [-0.4, -0.2) is 6.04 Å². The van der Waals surface area contributed by atoms with E-state index in [1.165, 1.54) is 19.3 Å². The lowest BCUT2D eigenvalue weighted by molar-refractivity contribution is 0.179. The minimum Gasteiger partial charge on any atom is -0.327 e. The van der Waals surface area contributed by atoms with Crippen LogP contribution in [0.1, 0.15) is 29.9 Å². The topological polar surface area (TPSA) is 26.0 Å². The summed E-state index contributed by atoms with van der Waals surface area (Å²) < 4.78 is 0. The van der Waals surface area contributed by atoms with Gasteiger partial charge in [-0.25, -0.2) is 0 Å². The molecule has 1 nitrogen and oxygen atoms in total. The van der Waals surface area contributed by atoms with E-state index in [0.717, 1.165) is 11.8 Å². The minimum atomic E-state index is 0.485. The molecule has 2 N–H and O–H groups in total. The molecule has 0 aliphatic heterocycles. The van der Waals surface area contributed by atoms with Crippen molar-refractivity contribution in [1.82, 2.24) is 0 Å². The van der Waals surface area contributed by atoms with Gasteiger partial charge in [0.1, 0.15) is 0 Å². The van der Waals surface area contributed by atoms with Crippen molar-refractivity contribution in [3.8, 4) is 0 Å². The van der Waals surface area contributed by atoms with Crippen LogP contribution >= 0.6 is 0 Å². The van der Waals surface area contributed by atoms with Crippen molar-refractivity contribution in [2.75, 3.05) is 0 Å². The quantitative estimate of drug-likeness (QED) is 0.638. The molecule has 1 fully saturated rings. The van der Waals surface area contributed by atoms with Gasteiger partial charge in [-0.3, -0.25) is 0 Å². The first-order chi connectivity index (χ1) is 6.36. The molecule has 0 saturated heterocycles. The van der Waals surface area contributed by atoms with Crippen LogP contribution in [0.15, 0.2) is 24.3 Å². The Balaban J connectivity index is 2.01. The highest BCUT2D eigenvalue weighted by Gasteiger charge is 2.42. The zero-order valence-electron chi connectivity index (χ0n) is 7.74. The Morgan fingerprint density at radius 2 is 2.08 bits per heavy atom. The van der Waals surface area contributed by atoms with Crippen molar-refractivity contribution in [2.45, 2.75) is 31.2 Å². The fraction of sp³-hybridized carbons (Fsp3) is 0.500. The first-order valence-corrected chi connectivity index (χ1v) is 5.19. The van der Waals surface area contributed by atoms with Crippen LogP contribution in [0.4, 0.5) is 0 Å². The molecule has 0 amide bonds. The van der Waals surface area contributed by atoms with Crippen LogP contribution in [0.2, 0.25) is 0 Å². The van der Waals surface area contributed by atoms with Crippen LogP contribution < -0.4 is 5.73 Å². The first kappa shape index (κ1) is 7.57. The lowest BCUT2D eigenvalue weighted by Gasteiger charge is -2.47. The van der Waals surface area contributed by atoms with Crippen molar-refractivity contribution < 1.29 is 0 Å². The summed E-state index contributed by atoms with van der Waals surface area (Å²) in [5.41, 5.74) is 9.14. The standard InChI is InChI=1S/C12H15N/c13-12-7-11-9-4-2-1-3-8(9)5-6-10(11)12/h1-4,10-12H,5-7,13H2/t10-,11-,12-/m1/s1. The van der Waals surface area contributed by atoms with Crippen LogP contribution in [0.3, 0.4) is 0 Å². The summed E-state index contributed by atoms with van der Waals surface area (Å²) in [7, 11) is 0. The second-order valence-corrected chi connectivity index (χ2v) is 4.41. The van der Waals surface area contributed by atoms with Gasteiger partial charge in [0.15, 0.2) is 0 Å².